The summed E-state index contributed by atoms with van der Waals surface area (Å²) in [7, 11) is 1.92. The molecule has 3 aromatic rings. The van der Waals surface area contributed by atoms with Crippen LogP contribution >= 0.6 is 0 Å². The first-order chi connectivity index (χ1) is 15.9. The minimum atomic E-state index is -0.716. The molecule has 1 N–H and O–H groups in total. The van der Waals surface area contributed by atoms with Gasteiger partial charge in [-0.2, -0.15) is 0 Å². The molecule has 3 heterocycles. The summed E-state index contributed by atoms with van der Waals surface area (Å²) in [4.78, 5) is 17.0. The number of hydrogen-bond acceptors (Lipinski definition) is 3. The van der Waals surface area contributed by atoms with Crippen LogP contribution in [0.25, 0.3) is 11.1 Å². The van der Waals surface area contributed by atoms with Gasteiger partial charge in [-0.15, -0.1) is 0 Å². The average molecular weight is 443 g/mol. The Bertz CT molecular complexity index is 1330. The van der Waals surface area contributed by atoms with Gasteiger partial charge in [0.05, 0.1) is 6.54 Å². The lowest BCUT2D eigenvalue weighted by molar-refractivity contribution is -0.137. The van der Waals surface area contributed by atoms with Crippen LogP contribution in [0.5, 0.6) is 0 Å². The van der Waals surface area contributed by atoms with Crippen LogP contribution in [-0.4, -0.2) is 24.4 Å². The van der Waals surface area contributed by atoms with Crippen molar-refractivity contribution in [2.45, 2.75) is 24.9 Å². The third-order valence-corrected chi connectivity index (χ3v) is 7.31. The maximum Gasteiger partial charge on any atom is 0.252 e. The molecular weight excluding hydrogens is 420 g/mol. The number of rotatable bonds is 3. The van der Waals surface area contributed by atoms with E-state index < -0.39 is 17.2 Å². The topological polar surface area (TPSA) is 35.6 Å². The third kappa shape index (κ3) is 2.80. The highest BCUT2D eigenvalue weighted by atomic mass is 19.1. The Morgan fingerprint density at radius 3 is 2.52 bits per heavy atom. The molecule has 1 spiro atoms. The minimum Gasteiger partial charge on any atom is -0.359 e. The molecule has 3 aliphatic rings. The monoisotopic (exact) mass is 443 g/mol. The summed E-state index contributed by atoms with van der Waals surface area (Å²) in [5.74, 6) is -1.42. The molecule has 1 amide bonds. The summed E-state index contributed by atoms with van der Waals surface area (Å²) in [6, 6.07) is 15.9. The number of benzene rings is 3. The zero-order valence-corrected chi connectivity index (χ0v) is 18.3. The predicted octanol–water partition coefficient (Wildman–Crippen LogP) is 5.19. The van der Waals surface area contributed by atoms with E-state index in [0.29, 0.717) is 18.4 Å². The molecule has 0 saturated carbocycles. The second kappa shape index (κ2) is 6.99. The fraction of sp³-hybridized carbons (Fsp3) is 0.222. The van der Waals surface area contributed by atoms with Crippen molar-refractivity contribution < 1.29 is 13.6 Å². The van der Waals surface area contributed by atoms with Gasteiger partial charge < -0.3 is 10.2 Å². The van der Waals surface area contributed by atoms with Gasteiger partial charge in [-0.1, -0.05) is 30.8 Å². The maximum atomic E-state index is 15.2. The molecule has 166 valence electrons. The molecule has 1 unspecified atom stereocenters. The van der Waals surface area contributed by atoms with Gasteiger partial charge in [-0.3, -0.25) is 9.69 Å². The fourth-order valence-corrected chi connectivity index (χ4v) is 5.42. The second-order valence-electron chi connectivity index (χ2n) is 9.14. The number of nitrogens with zero attached hydrogens (tertiary/aromatic N) is 2. The Morgan fingerprint density at radius 1 is 1.06 bits per heavy atom. The number of para-hydroxylation sites is 1. The zero-order chi connectivity index (χ0) is 22.9. The Kier molecular flexibility index (Phi) is 4.26. The molecule has 0 radical (unpaired) electrons. The van der Waals surface area contributed by atoms with Crippen LogP contribution in [0.3, 0.4) is 0 Å². The molecule has 1 atom stereocenters. The summed E-state index contributed by atoms with van der Waals surface area (Å²) in [6.45, 7) is 4.61. The van der Waals surface area contributed by atoms with Gasteiger partial charge in [0.2, 0.25) is 0 Å². The van der Waals surface area contributed by atoms with Crippen molar-refractivity contribution in [3.05, 3.63) is 95.2 Å². The van der Waals surface area contributed by atoms with Gasteiger partial charge in [-0.25, -0.2) is 8.78 Å². The van der Waals surface area contributed by atoms with Crippen LogP contribution in [0.2, 0.25) is 0 Å². The molecule has 1 fully saturated rings. The lowest BCUT2D eigenvalue weighted by atomic mass is 9.80. The molecule has 3 aliphatic heterocycles. The first-order valence-corrected chi connectivity index (χ1v) is 11.1. The quantitative estimate of drug-likeness (QED) is 0.605. The van der Waals surface area contributed by atoms with Gasteiger partial charge >= 0.3 is 0 Å². The Balaban J connectivity index is 1.35. The van der Waals surface area contributed by atoms with E-state index in [4.69, 9.17) is 0 Å². The van der Waals surface area contributed by atoms with Crippen LogP contribution in [0, 0.1) is 11.6 Å². The molecule has 6 heteroatoms. The van der Waals surface area contributed by atoms with Crippen molar-refractivity contribution in [2.24, 2.45) is 0 Å². The highest BCUT2D eigenvalue weighted by molar-refractivity contribution is 6.08. The number of anilines is 2. The van der Waals surface area contributed by atoms with Crippen molar-refractivity contribution in [1.29, 1.82) is 0 Å². The molecule has 0 aromatic heterocycles. The standard InChI is InChI=1S/C27H23F2N3O/c1-16-11-19-12-17(7-8-24(19)30-16)18-13-22(28)20(23(29)14-18)15-32-25-6-4-3-5-21(25)27(26(32)33)9-10-31(27)2/h3-8,12-14,30H,1,9-11,15H2,2H3. The van der Waals surface area contributed by atoms with E-state index in [9.17, 15) is 4.79 Å². The molecular formula is C27H23F2N3O. The third-order valence-electron chi connectivity index (χ3n) is 7.31. The van der Waals surface area contributed by atoms with Crippen molar-refractivity contribution in [1.82, 2.24) is 4.90 Å². The van der Waals surface area contributed by atoms with Crippen LogP contribution in [0.15, 0.2) is 66.9 Å². The molecule has 1 saturated heterocycles. The van der Waals surface area contributed by atoms with Gasteiger partial charge in [0.1, 0.15) is 17.2 Å². The molecule has 6 rings (SSSR count). The van der Waals surface area contributed by atoms with Crippen molar-refractivity contribution >= 4 is 17.3 Å². The summed E-state index contributed by atoms with van der Waals surface area (Å²) < 4.78 is 30.5. The summed E-state index contributed by atoms with van der Waals surface area (Å²) >= 11 is 0. The number of fused-ring (bicyclic) bond motifs is 3. The van der Waals surface area contributed by atoms with E-state index >= 15 is 8.78 Å². The number of likely N-dealkylation sites (N-methyl/N-ethyl adjacent to an activating group) is 1. The molecule has 4 nitrogen and oxygen atoms in total. The van der Waals surface area contributed by atoms with Gasteiger partial charge in [0.25, 0.3) is 5.91 Å². The number of allylic oxidation sites excluding steroid dienone is 1. The maximum absolute atomic E-state index is 15.2. The van der Waals surface area contributed by atoms with Gasteiger partial charge in [0.15, 0.2) is 0 Å². The van der Waals surface area contributed by atoms with Crippen LogP contribution in [0.1, 0.15) is 23.1 Å². The molecule has 3 aromatic carbocycles. The van der Waals surface area contributed by atoms with Crippen molar-refractivity contribution in [3.63, 3.8) is 0 Å². The normalized spacial score (nSPS) is 21.2. The van der Waals surface area contributed by atoms with Gasteiger partial charge in [0, 0.05) is 41.2 Å². The number of carbonyl (C=O) groups is 1. The second-order valence-corrected chi connectivity index (χ2v) is 9.14. The lowest BCUT2D eigenvalue weighted by Gasteiger charge is -2.47. The number of likely N-dealkylation sites (tertiary alicyclic amines) is 1. The average Bonchev–Trinajstić information content (AvgIpc) is 3.29. The summed E-state index contributed by atoms with van der Waals surface area (Å²) in [5.41, 5.74) is 4.96. The Hall–Kier alpha value is -3.51. The Morgan fingerprint density at radius 2 is 1.82 bits per heavy atom. The predicted molar refractivity (Wildman–Crippen MR) is 125 cm³/mol. The Labute approximate surface area is 191 Å². The smallest absolute Gasteiger partial charge is 0.252 e. The van der Waals surface area contributed by atoms with E-state index in [2.05, 4.69) is 11.9 Å². The highest BCUT2D eigenvalue weighted by Crippen LogP contribution is 2.51. The molecule has 33 heavy (non-hydrogen) atoms. The number of halogens is 2. The first-order valence-electron chi connectivity index (χ1n) is 11.1. The number of hydrogen-bond donors (Lipinski definition) is 1. The number of carbonyl (C=O) groups excluding carboxylic acids is 1. The van der Waals surface area contributed by atoms with E-state index in [-0.39, 0.29) is 18.0 Å². The first kappa shape index (κ1) is 20.1. The number of nitrogens with one attached hydrogen (secondary N) is 1. The van der Waals surface area contributed by atoms with E-state index in [0.717, 1.165) is 40.3 Å². The largest absolute Gasteiger partial charge is 0.359 e. The fourth-order valence-electron chi connectivity index (χ4n) is 5.42. The number of amides is 1. The van der Waals surface area contributed by atoms with E-state index in [1.54, 1.807) is 0 Å². The molecule has 0 aliphatic carbocycles. The molecule has 0 bridgehead atoms. The van der Waals surface area contributed by atoms with E-state index in [1.165, 1.54) is 17.0 Å². The van der Waals surface area contributed by atoms with Gasteiger partial charge in [-0.05, 0) is 60.5 Å². The van der Waals surface area contributed by atoms with E-state index in [1.807, 2.05) is 54.4 Å². The van der Waals surface area contributed by atoms with Crippen LogP contribution in [-0.2, 0) is 23.3 Å². The SMILES string of the molecule is C=C1Cc2cc(-c3cc(F)c(CN4C(=O)C5(CCN5C)c5ccccc54)c(F)c3)ccc2N1. The van der Waals surface area contributed by atoms with Crippen molar-refractivity contribution in [3.8, 4) is 11.1 Å². The summed E-state index contributed by atoms with van der Waals surface area (Å²) in [5, 5.41) is 3.20. The highest BCUT2D eigenvalue weighted by Gasteiger charge is 2.58. The lowest BCUT2D eigenvalue weighted by Crippen LogP contribution is -2.60. The zero-order valence-electron chi connectivity index (χ0n) is 18.3. The van der Waals surface area contributed by atoms with Crippen LogP contribution in [0.4, 0.5) is 20.2 Å². The minimum absolute atomic E-state index is 0.0999. The van der Waals surface area contributed by atoms with Crippen LogP contribution < -0.4 is 10.2 Å². The van der Waals surface area contributed by atoms with Crippen molar-refractivity contribution in [2.75, 3.05) is 23.8 Å². The summed E-state index contributed by atoms with van der Waals surface area (Å²) in [6.07, 6.45) is 1.40.